The highest BCUT2D eigenvalue weighted by Crippen LogP contribution is 2.16. The maximum absolute atomic E-state index is 10.8. The quantitative estimate of drug-likeness (QED) is 0.707. The number of carbonyl (C=O) groups is 2. The van der Waals surface area contributed by atoms with Gasteiger partial charge >= 0.3 is 5.97 Å². The predicted octanol–water partition coefficient (Wildman–Crippen LogP) is 1.22. The molecule has 0 radical (unpaired) electrons. The Bertz CT molecular complexity index is 574. The molecule has 0 fully saturated rings. The molecule has 2 aromatic rings. The Hall–Kier alpha value is -2.37. The lowest BCUT2D eigenvalue weighted by Gasteiger charge is -1.93. The molecule has 0 saturated heterocycles. The number of anilines is 1. The molecule has 82 valence electrons. The number of carbonyl (C=O) groups excluding carboxylic acids is 1. The third-order valence-electron chi connectivity index (χ3n) is 2.02. The SMILES string of the molecule is CC(=O)Nc1nc2ccc(C(=O)O)cc2[nH]1. The third kappa shape index (κ3) is 1.85. The molecular weight excluding hydrogens is 210 g/mol. The van der Waals surface area contributed by atoms with E-state index in [4.69, 9.17) is 5.11 Å². The Kier molecular flexibility index (Phi) is 2.32. The second-order valence-electron chi connectivity index (χ2n) is 3.30. The summed E-state index contributed by atoms with van der Waals surface area (Å²) in [5.74, 6) is -0.930. The lowest BCUT2D eigenvalue weighted by atomic mass is 10.2. The van der Waals surface area contributed by atoms with E-state index < -0.39 is 5.97 Å². The second-order valence-corrected chi connectivity index (χ2v) is 3.30. The van der Waals surface area contributed by atoms with Crippen LogP contribution in [0.15, 0.2) is 18.2 Å². The number of hydrogen-bond acceptors (Lipinski definition) is 3. The van der Waals surface area contributed by atoms with E-state index >= 15 is 0 Å². The van der Waals surface area contributed by atoms with Gasteiger partial charge in [0.15, 0.2) is 0 Å². The second kappa shape index (κ2) is 3.65. The summed E-state index contributed by atoms with van der Waals surface area (Å²) in [6, 6.07) is 4.51. The van der Waals surface area contributed by atoms with Crippen molar-refractivity contribution in [3.8, 4) is 0 Å². The average Bonchev–Trinajstić information content (AvgIpc) is 2.56. The molecule has 0 spiro atoms. The molecule has 1 aromatic carbocycles. The molecule has 0 atom stereocenters. The monoisotopic (exact) mass is 219 g/mol. The van der Waals surface area contributed by atoms with Gasteiger partial charge in [-0.05, 0) is 18.2 Å². The minimum atomic E-state index is -1.00. The molecule has 1 amide bonds. The topological polar surface area (TPSA) is 95.1 Å². The number of carboxylic acid groups (broad SMARTS) is 1. The highest BCUT2D eigenvalue weighted by atomic mass is 16.4. The summed E-state index contributed by atoms with van der Waals surface area (Å²) in [6.45, 7) is 1.37. The van der Waals surface area contributed by atoms with Gasteiger partial charge in [-0.25, -0.2) is 9.78 Å². The minimum Gasteiger partial charge on any atom is -0.478 e. The van der Waals surface area contributed by atoms with E-state index in [-0.39, 0.29) is 11.5 Å². The number of benzene rings is 1. The van der Waals surface area contributed by atoms with Crippen molar-refractivity contribution in [3.63, 3.8) is 0 Å². The van der Waals surface area contributed by atoms with Crippen LogP contribution in [0.1, 0.15) is 17.3 Å². The van der Waals surface area contributed by atoms with Crippen LogP contribution in [0.5, 0.6) is 0 Å². The van der Waals surface area contributed by atoms with Gasteiger partial charge in [0.05, 0.1) is 16.6 Å². The molecule has 2 rings (SSSR count). The first-order valence-corrected chi connectivity index (χ1v) is 4.57. The summed E-state index contributed by atoms with van der Waals surface area (Å²) in [5.41, 5.74) is 1.35. The molecular formula is C10H9N3O3. The van der Waals surface area contributed by atoms with Crippen LogP contribution >= 0.6 is 0 Å². The lowest BCUT2D eigenvalue weighted by molar-refractivity contribution is -0.114. The molecule has 0 aliphatic heterocycles. The molecule has 1 aromatic heterocycles. The van der Waals surface area contributed by atoms with Crippen LogP contribution in [0.3, 0.4) is 0 Å². The van der Waals surface area contributed by atoms with Gasteiger partial charge in [-0.2, -0.15) is 0 Å². The van der Waals surface area contributed by atoms with Crippen LogP contribution in [-0.2, 0) is 4.79 Å². The molecule has 0 aliphatic carbocycles. The first-order valence-electron chi connectivity index (χ1n) is 4.57. The molecule has 0 saturated carbocycles. The van der Waals surface area contributed by atoms with E-state index in [1.807, 2.05) is 0 Å². The van der Waals surface area contributed by atoms with Gasteiger partial charge < -0.3 is 10.1 Å². The van der Waals surface area contributed by atoms with Gasteiger partial charge in [-0.3, -0.25) is 10.1 Å². The number of rotatable bonds is 2. The zero-order valence-corrected chi connectivity index (χ0v) is 8.44. The van der Waals surface area contributed by atoms with Crippen LogP contribution in [0.4, 0.5) is 5.95 Å². The Balaban J connectivity index is 2.45. The standard InChI is InChI=1S/C10H9N3O3/c1-5(14)11-10-12-7-3-2-6(9(15)16)4-8(7)13-10/h2-4H,1H3,(H,15,16)(H2,11,12,13,14). The maximum atomic E-state index is 10.8. The highest BCUT2D eigenvalue weighted by molar-refractivity contribution is 5.94. The molecule has 6 heteroatoms. The number of hydrogen-bond donors (Lipinski definition) is 3. The van der Waals surface area contributed by atoms with Crippen molar-refractivity contribution >= 4 is 28.9 Å². The Morgan fingerprint density at radius 2 is 2.19 bits per heavy atom. The minimum absolute atomic E-state index is 0.172. The Labute approximate surface area is 90.3 Å². The first kappa shape index (κ1) is 10.2. The van der Waals surface area contributed by atoms with E-state index in [2.05, 4.69) is 15.3 Å². The summed E-state index contributed by atoms with van der Waals surface area (Å²) in [4.78, 5) is 28.4. The number of carboxylic acids is 1. The van der Waals surface area contributed by atoms with Crippen LogP contribution in [-0.4, -0.2) is 27.0 Å². The number of H-pyrrole nitrogens is 1. The molecule has 16 heavy (non-hydrogen) atoms. The van der Waals surface area contributed by atoms with Crippen molar-refractivity contribution in [2.24, 2.45) is 0 Å². The van der Waals surface area contributed by atoms with E-state index in [0.29, 0.717) is 17.0 Å². The van der Waals surface area contributed by atoms with Crippen molar-refractivity contribution < 1.29 is 14.7 Å². The molecule has 0 aliphatic rings. The van der Waals surface area contributed by atoms with Crippen molar-refractivity contribution in [1.82, 2.24) is 9.97 Å². The zero-order chi connectivity index (χ0) is 11.7. The predicted molar refractivity (Wildman–Crippen MR) is 57.4 cm³/mol. The Morgan fingerprint density at radius 3 is 2.81 bits per heavy atom. The van der Waals surface area contributed by atoms with Gasteiger partial charge in [-0.15, -0.1) is 0 Å². The van der Waals surface area contributed by atoms with Gasteiger partial charge in [0.2, 0.25) is 11.9 Å². The number of aromatic carboxylic acids is 1. The normalized spacial score (nSPS) is 10.3. The zero-order valence-electron chi connectivity index (χ0n) is 8.44. The van der Waals surface area contributed by atoms with Crippen molar-refractivity contribution in [2.45, 2.75) is 6.92 Å². The first-order chi connectivity index (χ1) is 7.56. The number of aromatic nitrogens is 2. The average molecular weight is 219 g/mol. The summed E-state index contributed by atoms with van der Waals surface area (Å²) >= 11 is 0. The van der Waals surface area contributed by atoms with E-state index in [9.17, 15) is 9.59 Å². The van der Waals surface area contributed by atoms with Crippen molar-refractivity contribution in [3.05, 3.63) is 23.8 Å². The van der Waals surface area contributed by atoms with Crippen LogP contribution in [0.2, 0.25) is 0 Å². The Morgan fingerprint density at radius 1 is 1.44 bits per heavy atom. The van der Waals surface area contributed by atoms with E-state index in [1.165, 1.54) is 19.1 Å². The molecule has 6 nitrogen and oxygen atoms in total. The number of amides is 1. The highest BCUT2D eigenvalue weighted by Gasteiger charge is 2.07. The van der Waals surface area contributed by atoms with E-state index in [0.717, 1.165) is 0 Å². The fraction of sp³-hybridized carbons (Fsp3) is 0.100. The van der Waals surface area contributed by atoms with Crippen LogP contribution < -0.4 is 5.32 Å². The number of aromatic amines is 1. The number of imidazole rings is 1. The van der Waals surface area contributed by atoms with Gasteiger partial charge in [0.25, 0.3) is 0 Å². The van der Waals surface area contributed by atoms with Gasteiger partial charge in [0, 0.05) is 6.92 Å². The summed E-state index contributed by atoms with van der Waals surface area (Å²) in [6.07, 6.45) is 0. The largest absolute Gasteiger partial charge is 0.478 e. The van der Waals surface area contributed by atoms with E-state index in [1.54, 1.807) is 6.07 Å². The lowest BCUT2D eigenvalue weighted by Crippen LogP contribution is -2.06. The fourth-order valence-electron chi connectivity index (χ4n) is 1.37. The van der Waals surface area contributed by atoms with Gasteiger partial charge in [0.1, 0.15) is 0 Å². The smallest absolute Gasteiger partial charge is 0.335 e. The molecule has 3 N–H and O–H groups in total. The molecule has 1 heterocycles. The third-order valence-corrected chi connectivity index (χ3v) is 2.02. The summed E-state index contributed by atoms with van der Waals surface area (Å²) < 4.78 is 0. The number of nitrogens with zero attached hydrogens (tertiary/aromatic N) is 1. The number of nitrogens with one attached hydrogen (secondary N) is 2. The fourth-order valence-corrected chi connectivity index (χ4v) is 1.37. The van der Waals surface area contributed by atoms with Crippen LogP contribution in [0, 0.1) is 0 Å². The number of fused-ring (bicyclic) bond motifs is 1. The van der Waals surface area contributed by atoms with Gasteiger partial charge in [-0.1, -0.05) is 0 Å². The van der Waals surface area contributed by atoms with Crippen molar-refractivity contribution in [2.75, 3.05) is 5.32 Å². The van der Waals surface area contributed by atoms with Crippen LogP contribution in [0.25, 0.3) is 11.0 Å². The maximum Gasteiger partial charge on any atom is 0.335 e. The summed E-state index contributed by atoms with van der Waals surface area (Å²) in [5, 5.41) is 11.3. The summed E-state index contributed by atoms with van der Waals surface area (Å²) in [7, 11) is 0. The molecule has 0 bridgehead atoms. The van der Waals surface area contributed by atoms with Crippen molar-refractivity contribution in [1.29, 1.82) is 0 Å². The molecule has 0 unspecified atom stereocenters.